The molecule has 4 rings (SSSR count). The third-order valence-electron chi connectivity index (χ3n) is 5.47. The summed E-state index contributed by atoms with van der Waals surface area (Å²) in [6, 6.07) is 26.1. The number of carbonyl (C=O) groups excluding carboxylic acids is 1. The van der Waals surface area contributed by atoms with Crippen molar-refractivity contribution in [3.63, 3.8) is 0 Å². The monoisotopic (exact) mass is 524 g/mol. The molecule has 4 aromatic rings. The number of anilines is 1. The van der Waals surface area contributed by atoms with Crippen LogP contribution in [0.4, 0.5) is 5.69 Å². The lowest BCUT2D eigenvalue weighted by Crippen LogP contribution is -2.41. The number of rotatable bonds is 10. The molecule has 36 heavy (non-hydrogen) atoms. The molecule has 0 aliphatic heterocycles. The van der Waals surface area contributed by atoms with Gasteiger partial charge in [-0.15, -0.1) is 0 Å². The smallest absolute Gasteiger partial charge is 0.264 e. The van der Waals surface area contributed by atoms with Gasteiger partial charge >= 0.3 is 0 Å². The number of ether oxygens (including phenoxy) is 2. The zero-order chi connectivity index (χ0) is 25.5. The summed E-state index contributed by atoms with van der Waals surface area (Å²) < 4.78 is 38.9. The van der Waals surface area contributed by atoms with E-state index in [0.29, 0.717) is 11.5 Å². The number of hydrogen-bond acceptors (Lipinski definition) is 5. The van der Waals surface area contributed by atoms with Crippen molar-refractivity contribution >= 4 is 44.0 Å². The number of nitrogens with zero attached hydrogens (tertiary/aromatic N) is 1. The highest BCUT2D eigenvalue weighted by Crippen LogP contribution is 2.32. The molecule has 0 unspecified atom stereocenters. The minimum Gasteiger partial charge on any atom is -0.495 e. The number of hydrogen-bond donors (Lipinski definition) is 1. The van der Waals surface area contributed by atoms with Crippen molar-refractivity contribution in [1.82, 2.24) is 5.32 Å². The molecule has 0 bridgehead atoms. The van der Waals surface area contributed by atoms with Crippen molar-refractivity contribution in [3.05, 3.63) is 96.0 Å². The Hall–Kier alpha value is -3.75. The third kappa shape index (κ3) is 5.72. The van der Waals surface area contributed by atoms with Crippen molar-refractivity contribution in [3.8, 4) is 11.5 Å². The summed E-state index contributed by atoms with van der Waals surface area (Å²) in [6.45, 7) is -0.0155. The average Bonchev–Trinajstić information content (AvgIpc) is 2.90. The van der Waals surface area contributed by atoms with Crippen LogP contribution in [0.3, 0.4) is 0 Å². The number of nitrogens with one attached hydrogen (secondary N) is 1. The number of amides is 1. The highest BCUT2D eigenvalue weighted by atomic mass is 35.5. The maximum absolute atomic E-state index is 13.4. The van der Waals surface area contributed by atoms with Gasteiger partial charge in [-0.25, -0.2) is 8.42 Å². The topological polar surface area (TPSA) is 84.9 Å². The Morgan fingerprint density at radius 2 is 1.64 bits per heavy atom. The number of fused-ring (bicyclic) bond motifs is 1. The molecule has 9 heteroatoms. The molecule has 0 aromatic heterocycles. The average molecular weight is 525 g/mol. The standard InChI is InChI=1S/C27H25ClN2O5S/c1-34-26-15-14-21(18-24(26)28)30(36(32,33)22-10-3-2-4-11-22)19-27(31)29-16-17-35-25-13-7-9-20-8-5-6-12-23(20)25/h2-15,18H,16-17,19H2,1H3,(H,29,31). The first-order valence-corrected chi connectivity index (χ1v) is 13.0. The molecule has 7 nitrogen and oxygen atoms in total. The zero-order valence-electron chi connectivity index (χ0n) is 19.6. The highest BCUT2D eigenvalue weighted by molar-refractivity contribution is 7.92. The summed E-state index contributed by atoms with van der Waals surface area (Å²) in [7, 11) is -2.58. The molecule has 0 radical (unpaired) electrons. The summed E-state index contributed by atoms with van der Waals surface area (Å²) in [6.07, 6.45) is 0. The summed E-state index contributed by atoms with van der Waals surface area (Å²) in [5, 5.41) is 4.99. The predicted octanol–water partition coefficient (Wildman–Crippen LogP) is 4.89. The molecule has 0 fully saturated rings. The Labute approximate surface area is 215 Å². The van der Waals surface area contributed by atoms with Gasteiger partial charge in [-0.05, 0) is 41.8 Å². The lowest BCUT2D eigenvalue weighted by molar-refractivity contribution is -0.119. The molecule has 1 amide bonds. The van der Waals surface area contributed by atoms with Crippen LogP contribution in [0.2, 0.25) is 5.02 Å². The van der Waals surface area contributed by atoms with Gasteiger partial charge in [0.2, 0.25) is 5.91 Å². The van der Waals surface area contributed by atoms with Gasteiger partial charge in [0.15, 0.2) is 0 Å². The van der Waals surface area contributed by atoms with E-state index in [2.05, 4.69) is 5.32 Å². The van der Waals surface area contributed by atoms with E-state index in [1.807, 2.05) is 42.5 Å². The second kappa shape index (κ2) is 11.3. The van der Waals surface area contributed by atoms with Crippen LogP contribution in [0.1, 0.15) is 0 Å². The fraction of sp³-hybridized carbons (Fsp3) is 0.148. The fourth-order valence-corrected chi connectivity index (χ4v) is 5.39. The van der Waals surface area contributed by atoms with E-state index in [0.717, 1.165) is 15.1 Å². The maximum Gasteiger partial charge on any atom is 0.264 e. The first kappa shape index (κ1) is 25.3. The van der Waals surface area contributed by atoms with Crippen molar-refractivity contribution in [1.29, 1.82) is 0 Å². The molecule has 1 N–H and O–H groups in total. The number of halogens is 1. The van der Waals surface area contributed by atoms with Crippen molar-refractivity contribution in [2.75, 3.05) is 31.1 Å². The molecule has 186 valence electrons. The molecular weight excluding hydrogens is 500 g/mol. The maximum atomic E-state index is 13.4. The van der Waals surface area contributed by atoms with Gasteiger partial charge in [0, 0.05) is 5.39 Å². The quantitative estimate of drug-likeness (QED) is 0.298. The lowest BCUT2D eigenvalue weighted by atomic mass is 10.1. The zero-order valence-corrected chi connectivity index (χ0v) is 21.1. The van der Waals surface area contributed by atoms with E-state index in [4.69, 9.17) is 21.1 Å². The normalized spacial score (nSPS) is 11.2. The van der Waals surface area contributed by atoms with E-state index in [1.165, 1.54) is 25.3 Å². The van der Waals surface area contributed by atoms with Crippen molar-refractivity contribution in [2.45, 2.75) is 4.90 Å². The summed E-state index contributed by atoms with van der Waals surface area (Å²) in [4.78, 5) is 12.9. The van der Waals surface area contributed by atoms with Gasteiger partial charge in [0.25, 0.3) is 10.0 Å². The van der Waals surface area contributed by atoms with E-state index in [9.17, 15) is 13.2 Å². The molecule has 0 heterocycles. The van der Waals surface area contributed by atoms with E-state index >= 15 is 0 Å². The van der Waals surface area contributed by atoms with Crippen molar-refractivity contribution < 1.29 is 22.7 Å². The van der Waals surface area contributed by atoms with Crippen LogP contribution in [0.5, 0.6) is 11.5 Å². The first-order valence-electron chi connectivity index (χ1n) is 11.2. The van der Waals surface area contributed by atoms with Crippen LogP contribution in [0.15, 0.2) is 95.9 Å². The number of benzene rings is 4. The SMILES string of the molecule is COc1ccc(N(CC(=O)NCCOc2cccc3ccccc23)S(=O)(=O)c2ccccc2)cc1Cl. The van der Waals surface area contributed by atoms with Gasteiger partial charge in [0.05, 0.1) is 29.3 Å². The molecule has 0 atom stereocenters. The predicted molar refractivity (Wildman–Crippen MR) is 141 cm³/mol. The van der Waals surface area contributed by atoms with Gasteiger partial charge < -0.3 is 14.8 Å². The van der Waals surface area contributed by atoms with Crippen LogP contribution in [0, 0.1) is 0 Å². The van der Waals surface area contributed by atoms with Gasteiger partial charge in [-0.3, -0.25) is 9.10 Å². The Kier molecular flexibility index (Phi) is 7.97. The molecule has 0 aliphatic carbocycles. The Morgan fingerprint density at radius 3 is 2.39 bits per heavy atom. The van der Waals surface area contributed by atoms with Gasteiger partial charge in [-0.2, -0.15) is 0 Å². The Morgan fingerprint density at radius 1 is 0.917 bits per heavy atom. The Balaban J connectivity index is 1.47. The molecule has 0 aliphatic rings. The van der Waals surface area contributed by atoms with Crippen LogP contribution >= 0.6 is 11.6 Å². The third-order valence-corrected chi connectivity index (χ3v) is 7.56. The van der Waals surface area contributed by atoms with E-state index in [1.54, 1.807) is 30.3 Å². The first-order chi connectivity index (χ1) is 17.4. The second-order valence-corrected chi connectivity index (χ2v) is 10.1. The minimum atomic E-state index is -4.04. The molecular formula is C27H25ClN2O5S. The van der Waals surface area contributed by atoms with Gasteiger partial charge in [0.1, 0.15) is 24.7 Å². The number of carbonyl (C=O) groups is 1. The van der Waals surface area contributed by atoms with Crippen LogP contribution in [0.25, 0.3) is 10.8 Å². The lowest BCUT2D eigenvalue weighted by Gasteiger charge is -2.24. The molecule has 0 saturated heterocycles. The van der Waals surface area contributed by atoms with Crippen LogP contribution in [-0.2, 0) is 14.8 Å². The van der Waals surface area contributed by atoms with Crippen LogP contribution < -0.4 is 19.1 Å². The fourth-order valence-electron chi connectivity index (χ4n) is 3.70. The molecule has 0 saturated carbocycles. The minimum absolute atomic E-state index is 0.0593. The largest absolute Gasteiger partial charge is 0.495 e. The summed E-state index contributed by atoms with van der Waals surface area (Å²) in [5.74, 6) is 0.624. The number of sulfonamides is 1. The summed E-state index contributed by atoms with van der Waals surface area (Å²) in [5.41, 5.74) is 0.242. The summed E-state index contributed by atoms with van der Waals surface area (Å²) >= 11 is 6.24. The number of methoxy groups -OCH3 is 1. The highest BCUT2D eigenvalue weighted by Gasteiger charge is 2.27. The molecule has 0 spiro atoms. The van der Waals surface area contributed by atoms with E-state index < -0.39 is 22.5 Å². The van der Waals surface area contributed by atoms with Crippen molar-refractivity contribution in [2.24, 2.45) is 0 Å². The van der Waals surface area contributed by atoms with E-state index in [-0.39, 0.29) is 28.8 Å². The van der Waals surface area contributed by atoms with Crippen LogP contribution in [-0.4, -0.2) is 41.1 Å². The second-order valence-electron chi connectivity index (χ2n) is 7.82. The van der Waals surface area contributed by atoms with Gasteiger partial charge in [-0.1, -0.05) is 66.2 Å². The Bertz CT molecular complexity index is 1460. The molecule has 4 aromatic carbocycles.